The first kappa shape index (κ1) is 34.6. The Labute approximate surface area is 276 Å². The normalized spacial score (nSPS) is 15.1. The lowest BCUT2D eigenvalue weighted by atomic mass is 9.91. The number of rotatable bonds is 14. The minimum absolute atomic E-state index is 0.0190. The molecule has 14 heteroatoms. The first-order chi connectivity index (χ1) is 22.4. The number of halogens is 1. The second kappa shape index (κ2) is 14.6. The molecule has 1 aliphatic heterocycles. The van der Waals surface area contributed by atoms with E-state index in [9.17, 15) is 18.8 Å². The maximum Gasteiger partial charge on any atom is 0.333 e. The molecule has 4 heterocycles. The number of methoxy groups -OCH3 is 1. The van der Waals surface area contributed by atoms with Gasteiger partial charge in [0, 0.05) is 37.9 Å². The van der Waals surface area contributed by atoms with E-state index < -0.39 is 28.7 Å². The summed E-state index contributed by atoms with van der Waals surface area (Å²) in [6, 6.07) is 4.18. The van der Waals surface area contributed by atoms with Gasteiger partial charge in [0.1, 0.15) is 39.6 Å². The Bertz CT molecular complexity index is 1820. The van der Waals surface area contributed by atoms with Gasteiger partial charge in [0.15, 0.2) is 5.78 Å². The zero-order chi connectivity index (χ0) is 33.9. The van der Waals surface area contributed by atoms with Gasteiger partial charge in [-0.3, -0.25) is 14.2 Å². The van der Waals surface area contributed by atoms with Crippen LogP contribution < -0.4 is 16.0 Å². The molecule has 4 aromatic rings. The lowest BCUT2D eigenvalue weighted by Crippen LogP contribution is -2.53. The highest BCUT2D eigenvalue weighted by atomic mass is 32.1. The van der Waals surface area contributed by atoms with Gasteiger partial charge in [-0.2, -0.15) is 10.2 Å². The Morgan fingerprint density at radius 2 is 1.85 bits per heavy atom. The first-order valence-corrected chi connectivity index (χ1v) is 16.6. The van der Waals surface area contributed by atoms with Crippen molar-refractivity contribution >= 4 is 27.3 Å². The zero-order valence-corrected chi connectivity index (χ0v) is 28.5. The number of benzene rings is 1. The van der Waals surface area contributed by atoms with Crippen LogP contribution in [0.25, 0.3) is 15.2 Å². The van der Waals surface area contributed by atoms with Crippen LogP contribution in [0.3, 0.4) is 0 Å². The molecule has 1 fully saturated rings. The van der Waals surface area contributed by atoms with Gasteiger partial charge in [0.2, 0.25) is 0 Å². The Hall–Kier alpha value is -3.72. The summed E-state index contributed by atoms with van der Waals surface area (Å²) in [5.41, 5.74) is -1.74. The van der Waals surface area contributed by atoms with Crippen molar-refractivity contribution in [3.8, 4) is 10.8 Å². The summed E-state index contributed by atoms with van der Waals surface area (Å²) >= 11 is 1.19. The summed E-state index contributed by atoms with van der Waals surface area (Å²) < 4.78 is 40.8. The molecule has 1 aromatic carbocycles. The van der Waals surface area contributed by atoms with E-state index in [1.54, 1.807) is 27.9 Å². The molecule has 0 bridgehead atoms. The summed E-state index contributed by atoms with van der Waals surface area (Å²) in [6.07, 6.45) is 3.34. The van der Waals surface area contributed by atoms with Gasteiger partial charge in [-0.05, 0) is 57.7 Å². The Morgan fingerprint density at radius 3 is 2.51 bits per heavy atom. The number of fused-ring (bicyclic) bond motifs is 1. The molecule has 3 aromatic heterocycles. The number of thiophene rings is 1. The summed E-state index contributed by atoms with van der Waals surface area (Å²) in [7, 11) is 1.56. The molecular formula is C33H42FN5O7S. The van der Waals surface area contributed by atoms with Gasteiger partial charge in [-0.25, -0.2) is 13.8 Å². The van der Waals surface area contributed by atoms with E-state index in [1.807, 2.05) is 13.8 Å². The largest absolute Gasteiger partial charge is 0.491 e. The van der Waals surface area contributed by atoms with Crippen LogP contribution in [-0.4, -0.2) is 69.6 Å². The molecule has 0 amide bonds. The molecule has 5 rings (SSSR count). The summed E-state index contributed by atoms with van der Waals surface area (Å²) in [5.74, 6) is -0.338. The molecule has 1 aliphatic rings. The molecule has 1 atom stereocenters. The third kappa shape index (κ3) is 7.25. The Balaban J connectivity index is 1.74. The van der Waals surface area contributed by atoms with Crippen LogP contribution in [0.1, 0.15) is 64.2 Å². The van der Waals surface area contributed by atoms with Crippen molar-refractivity contribution in [2.24, 2.45) is 5.92 Å². The fourth-order valence-electron chi connectivity index (χ4n) is 5.81. The predicted molar refractivity (Wildman–Crippen MR) is 175 cm³/mol. The maximum absolute atomic E-state index is 14.9. The summed E-state index contributed by atoms with van der Waals surface area (Å²) in [6.45, 7) is 10.2. The van der Waals surface area contributed by atoms with E-state index in [0.29, 0.717) is 59.4 Å². The van der Waals surface area contributed by atoms with E-state index in [-0.39, 0.29) is 42.8 Å². The highest BCUT2D eigenvalue weighted by Gasteiger charge is 2.36. The van der Waals surface area contributed by atoms with Crippen LogP contribution in [0, 0.1) is 18.7 Å². The molecule has 254 valence electrons. The molecule has 1 saturated heterocycles. The minimum Gasteiger partial charge on any atom is -0.491 e. The van der Waals surface area contributed by atoms with E-state index in [4.69, 9.17) is 18.9 Å². The van der Waals surface area contributed by atoms with Crippen molar-refractivity contribution in [2.75, 3.05) is 33.5 Å². The molecule has 0 unspecified atom stereocenters. The zero-order valence-electron chi connectivity index (χ0n) is 27.7. The third-order valence-corrected chi connectivity index (χ3v) is 9.64. The van der Waals surface area contributed by atoms with Crippen molar-refractivity contribution in [3.05, 3.63) is 68.4 Å². The Morgan fingerprint density at radius 1 is 1.15 bits per heavy atom. The number of carbonyl (C=O) groups is 1. The number of hydrogen-bond donors (Lipinski definition) is 0. The van der Waals surface area contributed by atoms with Crippen LogP contribution >= 0.6 is 11.3 Å². The summed E-state index contributed by atoms with van der Waals surface area (Å²) in [5, 5.41) is 9.34. The van der Waals surface area contributed by atoms with Crippen molar-refractivity contribution in [2.45, 2.75) is 78.2 Å². The van der Waals surface area contributed by atoms with Crippen molar-refractivity contribution in [1.29, 1.82) is 0 Å². The Kier molecular flexibility index (Phi) is 10.7. The number of aryl methyl sites for hydroxylation is 1. The van der Waals surface area contributed by atoms with Gasteiger partial charge in [-0.15, -0.1) is 4.80 Å². The van der Waals surface area contributed by atoms with Gasteiger partial charge >= 0.3 is 5.69 Å². The van der Waals surface area contributed by atoms with Crippen LogP contribution in [-0.2, 0) is 31.1 Å². The lowest BCUT2D eigenvalue weighted by molar-refractivity contribution is -0.127. The molecule has 12 nitrogen and oxygen atoms in total. The first-order valence-electron chi connectivity index (χ1n) is 15.8. The molecule has 0 saturated carbocycles. The number of Topliss-reactive ketones (excluding diaryl/α,β-unsaturated/α-hetero) is 1. The SMILES string of the molecule is COCCOc1ccc(F)cc1[C@H](Cn1c(=O)n(C(C)(C)C(=O)CC(C)C)c(=O)c2c(C)c(-n3nccn3)sc21)OC1CCOCC1. The number of aromatic nitrogens is 5. The average Bonchev–Trinajstić information content (AvgIpc) is 3.68. The van der Waals surface area contributed by atoms with Crippen LogP contribution in [0.5, 0.6) is 5.75 Å². The standard InChI is InChI=1S/C33H42FN5O7S/c1-20(2)17-27(40)33(4,5)38-29(41)28-21(3)30(39-35-11-12-36-39)47-31(28)37(32(38)42)19-26(46-23-9-13-44-14-10-23)24-18-22(34)7-8-25(24)45-16-15-43-6/h7-8,11-12,18,20,23,26H,9-10,13-17,19H2,1-6H3/t26-/m0/s1. The van der Waals surface area contributed by atoms with Crippen LogP contribution in [0.2, 0.25) is 0 Å². The molecular weight excluding hydrogens is 629 g/mol. The number of hydrogen-bond acceptors (Lipinski definition) is 10. The molecule has 0 N–H and O–H groups in total. The average molecular weight is 672 g/mol. The van der Waals surface area contributed by atoms with Gasteiger partial charge in [0.25, 0.3) is 5.56 Å². The molecule has 0 radical (unpaired) electrons. The van der Waals surface area contributed by atoms with Gasteiger partial charge < -0.3 is 18.9 Å². The highest BCUT2D eigenvalue weighted by Crippen LogP contribution is 2.36. The lowest BCUT2D eigenvalue weighted by Gasteiger charge is -2.31. The van der Waals surface area contributed by atoms with Gasteiger partial charge in [-0.1, -0.05) is 25.2 Å². The maximum atomic E-state index is 14.9. The number of ketones is 1. The second-order valence-electron chi connectivity index (χ2n) is 12.6. The topological polar surface area (TPSA) is 129 Å². The summed E-state index contributed by atoms with van der Waals surface area (Å²) in [4.78, 5) is 44.3. The number of carbonyl (C=O) groups excluding carboxylic acids is 1. The molecule has 47 heavy (non-hydrogen) atoms. The fourth-order valence-corrected chi connectivity index (χ4v) is 7.03. The van der Waals surface area contributed by atoms with Crippen molar-refractivity contribution in [1.82, 2.24) is 24.1 Å². The fraction of sp³-hybridized carbons (Fsp3) is 0.545. The number of nitrogens with zero attached hydrogens (tertiary/aromatic N) is 5. The van der Waals surface area contributed by atoms with E-state index in [1.165, 1.54) is 51.3 Å². The van der Waals surface area contributed by atoms with E-state index >= 15 is 0 Å². The van der Waals surface area contributed by atoms with E-state index in [2.05, 4.69) is 10.2 Å². The number of ether oxygens (including phenoxy) is 4. The van der Waals surface area contributed by atoms with Crippen LogP contribution in [0.4, 0.5) is 4.39 Å². The van der Waals surface area contributed by atoms with Crippen molar-refractivity contribution in [3.63, 3.8) is 0 Å². The third-order valence-electron chi connectivity index (χ3n) is 8.36. The quantitative estimate of drug-likeness (QED) is 0.177. The second-order valence-corrected chi connectivity index (χ2v) is 13.6. The monoisotopic (exact) mass is 671 g/mol. The smallest absolute Gasteiger partial charge is 0.333 e. The molecule has 0 aliphatic carbocycles. The highest BCUT2D eigenvalue weighted by molar-refractivity contribution is 7.21. The van der Waals surface area contributed by atoms with E-state index in [0.717, 1.165) is 4.57 Å². The minimum atomic E-state index is -1.46. The van der Waals surface area contributed by atoms with Gasteiger partial charge in [0.05, 0.1) is 37.0 Å². The van der Waals surface area contributed by atoms with Crippen LogP contribution in [0.15, 0.2) is 40.2 Å². The predicted octanol–water partition coefficient (Wildman–Crippen LogP) is 4.57. The van der Waals surface area contributed by atoms with Crippen molar-refractivity contribution < 1.29 is 28.1 Å². The molecule has 0 spiro atoms.